The van der Waals surface area contributed by atoms with Gasteiger partial charge in [-0.2, -0.15) is 0 Å². The van der Waals surface area contributed by atoms with E-state index in [1.807, 2.05) is 6.07 Å². The molecular formula is C18H30N2O3S. The molecule has 0 amide bonds. The van der Waals surface area contributed by atoms with Crippen molar-refractivity contribution in [3.63, 3.8) is 0 Å². The molecule has 136 valence electrons. The molecule has 1 aliphatic heterocycles. The van der Waals surface area contributed by atoms with Gasteiger partial charge in [-0.1, -0.05) is 19.9 Å². The minimum atomic E-state index is -3.16. The number of hydrogen-bond acceptors (Lipinski definition) is 4. The summed E-state index contributed by atoms with van der Waals surface area (Å²) in [6, 6.07) is 6.33. The van der Waals surface area contributed by atoms with Crippen LogP contribution in [0.5, 0.6) is 5.75 Å². The van der Waals surface area contributed by atoms with Crippen molar-refractivity contribution in [2.24, 2.45) is 0 Å². The fourth-order valence-corrected chi connectivity index (χ4v) is 4.43. The molecule has 6 heteroatoms. The fraction of sp³-hybridized carbons (Fsp3) is 0.667. The number of aryl methyl sites for hydroxylation is 1. The molecule has 1 heterocycles. The van der Waals surface area contributed by atoms with Gasteiger partial charge in [-0.05, 0) is 62.5 Å². The maximum atomic E-state index is 11.8. The Morgan fingerprint density at radius 1 is 1.38 bits per heavy atom. The van der Waals surface area contributed by atoms with Crippen LogP contribution in [0.1, 0.15) is 43.7 Å². The zero-order valence-electron chi connectivity index (χ0n) is 15.2. The van der Waals surface area contributed by atoms with Crippen molar-refractivity contribution in [2.45, 2.75) is 45.6 Å². The first kappa shape index (κ1) is 19.2. The number of nitrogens with one attached hydrogen (secondary N) is 1. The first-order valence-corrected chi connectivity index (χ1v) is 10.4. The summed E-state index contributed by atoms with van der Waals surface area (Å²) >= 11 is 0. The molecule has 1 saturated heterocycles. The second-order valence-electron chi connectivity index (χ2n) is 6.84. The number of rotatable bonds is 8. The van der Waals surface area contributed by atoms with E-state index in [0.29, 0.717) is 12.5 Å². The molecule has 5 nitrogen and oxygen atoms in total. The molecule has 2 rings (SSSR count). The summed E-state index contributed by atoms with van der Waals surface area (Å²) in [7, 11) is -1.69. The van der Waals surface area contributed by atoms with Crippen molar-refractivity contribution < 1.29 is 13.2 Å². The summed E-state index contributed by atoms with van der Waals surface area (Å²) in [5.41, 5.74) is 2.60. The molecule has 1 aromatic carbocycles. The average molecular weight is 355 g/mol. The number of nitrogens with zero attached hydrogens (tertiary/aromatic N) is 1. The Morgan fingerprint density at radius 3 is 2.75 bits per heavy atom. The van der Waals surface area contributed by atoms with Gasteiger partial charge >= 0.3 is 0 Å². The van der Waals surface area contributed by atoms with E-state index in [0.717, 1.165) is 31.7 Å². The molecule has 0 bridgehead atoms. The van der Waals surface area contributed by atoms with Crippen LogP contribution in [0.25, 0.3) is 0 Å². The zero-order valence-corrected chi connectivity index (χ0v) is 16.0. The molecule has 0 spiro atoms. The molecule has 0 saturated carbocycles. The molecule has 1 atom stereocenters. The molecule has 0 radical (unpaired) electrons. The molecule has 24 heavy (non-hydrogen) atoms. The van der Waals surface area contributed by atoms with Crippen LogP contribution in [0.2, 0.25) is 0 Å². The number of likely N-dealkylation sites (tertiary alicyclic amines) is 1. The normalized spacial score (nSPS) is 19.1. The Kier molecular flexibility index (Phi) is 6.66. The molecule has 1 fully saturated rings. The van der Waals surface area contributed by atoms with Gasteiger partial charge in [-0.25, -0.2) is 13.1 Å². The van der Waals surface area contributed by atoms with E-state index in [1.165, 1.54) is 18.2 Å². The van der Waals surface area contributed by atoms with Gasteiger partial charge in [0.2, 0.25) is 10.0 Å². The lowest BCUT2D eigenvalue weighted by molar-refractivity contribution is 0.205. The number of sulfonamides is 1. The van der Waals surface area contributed by atoms with Gasteiger partial charge in [-0.15, -0.1) is 0 Å². The predicted octanol–water partition coefficient (Wildman–Crippen LogP) is 2.51. The van der Waals surface area contributed by atoms with Crippen molar-refractivity contribution in [1.82, 2.24) is 9.62 Å². The van der Waals surface area contributed by atoms with E-state index in [-0.39, 0.29) is 11.8 Å². The highest BCUT2D eigenvalue weighted by atomic mass is 32.2. The lowest BCUT2D eigenvalue weighted by Crippen LogP contribution is -2.40. The number of hydrogen-bond donors (Lipinski definition) is 1. The monoisotopic (exact) mass is 354 g/mol. The van der Waals surface area contributed by atoms with E-state index in [1.54, 1.807) is 0 Å². The van der Waals surface area contributed by atoms with Gasteiger partial charge < -0.3 is 4.74 Å². The molecule has 1 aliphatic rings. The highest BCUT2D eigenvalue weighted by Gasteiger charge is 2.28. The van der Waals surface area contributed by atoms with Crippen molar-refractivity contribution in [3.8, 4) is 5.75 Å². The third kappa shape index (κ3) is 5.19. The molecule has 0 unspecified atom stereocenters. The van der Waals surface area contributed by atoms with Crippen LogP contribution >= 0.6 is 0 Å². The van der Waals surface area contributed by atoms with E-state index in [9.17, 15) is 8.42 Å². The molecular weight excluding hydrogens is 324 g/mol. The molecule has 0 aromatic heterocycles. The van der Waals surface area contributed by atoms with Crippen molar-refractivity contribution >= 4 is 10.0 Å². The van der Waals surface area contributed by atoms with Crippen molar-refractivity contribution in [1.29, 1.82) is 0 Å². The first-order valence-electron chi connectivity index (χ1n) is 8.71. The van der Waals surface area contributed by atoms with Gasteiger partial charge in [-0.3, -0.25) is 4.90 Å². The predicted molar refractivity (Wildman–Crippen MR) is 98.2 cm³/mol. The smallest absolute Gasteiger partial charge is 0.212 e. The maximum absolute atomic E-state index is 11.8. The maximum Gasteiger partial charge on any atom is 0.212 e. The third-order valence-corrected chi connectivity index (χ3v) is 6.18. The Morgan fingerprint density at radius 2 is 2.12 bits per heavy atom. The van der Waals surface area contributed by atoms with Crippen LogP contribution in [0.15, 0.2) is 18.2 Å². The molecule has 0 aliphatic carbocycles. The Hall–Kier alpha value is -1.11. The largest absolute Gasteiger partial charge is 0.492 e. The SMILES string of the molecule is CNS(=O)(=O)C[C@@H]1CCCN1CCOc1ccc(C(C)C)c(C)c1. The Bertz CT molecular complexity index is 644. The standard InChI is InChI=1S/C18H30N2O3S/c1-14(2)18-8-7-17(12-15(18)3)23-11-10-20-9-5-6-16(20)13-24(21,22)19-4/h7-8,12,14,16,19H,5-6,9-11,13H2,1-4H3/t16-/m0/s1. The van der Waals surface area contributed by atoms with Gasteiger partial charge in [0.25, 0.3) is 0 Å². The Labute approximate surface area is 146 Å². The molecule has 1 N–H and O–H groups in total. The van der Waals surface area contributed by atoms with Crippen LogP contribution in [0.3, 0.4) is 0 Å². The van der Waals surface area contributed by atoms with Crippen molar-refractivity contribution in [3.05, 3.63) is 29.3 Å². The van der Waals surface area contributed by atoms with Crippen LogP contribution in [-0.4, -0.2) is 51.9 Å². The zero-order chi connectivity index (χ0) is 17.7. The van der Waals surface area contributed by atoms with Crippen LogP contribution in [-0.2, 0) is 10.0 Å². The molecule has 1 aromatic rings. The van der Waals surface area contributed by atoms with Crippen LogP contribution in [0.4, 0.5) is 0 Å². The summed E-state index contributed by atoms with van der Waals surface area (Å²) in [4.78, 5) is 2.23. The van der Waals surface area contributed by atoms with Gasteiger partial charge in [0.05, 0.1) is 5.75 Å². The fourth-order valence-electron chi connectivity index (χ4n) is 3.38. The first-order chi connectivity index (χ1) is 11.3. The summed E-state index contributed by atoms with van der Waals surface area (Å²) in [5, 5.41) is 0. The summed E-state index contributed by atoms with van der Waals surface area (Å²) in [5.74, 6) is 1.57. The van der Waals surface area contributed by atoms with E-state index in [2.05, 4.69) is 42.5 Å². The van der Waals surface area contributed by atoms with E-state index >= 15 is 0 Å². The minimum absolute atomic E-state index is 0.0936. The highest BCUT2D eigenvalue weighted by molar-refractivity contribution is 7.89. The topological polar surface area (TPSA) is 58.6 Å². The Balaban J connectivity index is 1.86. The van der Waals surface area contributed by atoms with E-state index in [4.69, 9.17) is 4.74 Å². The second-order valence-corrected chi connectivity index (χ2v) is 8.81. The quantitative estimate of drug-likeness (QED) is 0.779. The second kappa shape index (κ2) is 8.32. The van der Waals surface area contributed by atoms with Crippen LogP contribution < -0.4 is 9.46 Å². The lowest BCUT2D eigenvalue weighted by atomic mass is 9.98. The lowest BCUT2D eigenvalue weighted by Gasteiger charge is -2.24. The van der Waals surface area contributed by atoms with Gasteiger partial charge in [0, 0.05) is 12.6 Å². The third-order valence-electron chi connectivity index (χ3n) is 4.73. The number of benzene rings is 1. The van der Waals surface area contributed by atoms with Crippen LogP contribution in [0, 0.1) is 6.92 Å². The van der Waals surface area contributed by atoms with Gasteiger partial charge in [0.15, 0.2) is 0 Å². The van der Waals surface area contributed by atoms with Crippen molar-refractivity contribution in [2.75, 3.05) is 32.5 Å². The number of ether oxygens (including phenoxy) is 1. The summed E-state index contributed by atoms with van der Waals surface area (Å²) < 4.78 is 31.8. The highest BCUT2D eigenvalue weighted by Crippen LogP contribution is 2.24. The van der Waals surface area contributed by atoms with Gasteiger partial charge in [0.1, 0.15) is 12.4 Å². The summed E-state index contributed by atoms with van der Waals surface area (Å²) in [6.45, 7) is 8.77. The average Bonchev–Trinajstić information content (AvgIpc) is 2.93. The summed E-state index contributed by atoms with van der Waals surface area (Å²) in [6.07, 6.45) is 1.98. The van der Waals surface area contributed by atoms with E-state index < -0.39 is 10.0 Å². The minimum Gasteiger partial charge on any atom is -0.492 e.